The van der Waals surface area contributed by atoms with Gasteiger partial charge in [0.1, 0.15) is 6.54 Å². The van der Waals surface area contributed by atoms with Gasteiger partial charge in [0, 0.05) is 25.0 Å². The van der Waals surface area contributed by atoms with Crippen LogP contribution >= 0.6 is 0 Å². The standard InChI is InChI=1S/C13H19N3O3/c1-10-11(5-4-6-14-10)13(19)16(9-12(17)18)8-7-15(2)3/h4-6H,7-9H2,1-3H3,(H,17,18). The number of pyridine rings is 1. The van der Waals surface area contributed by atoms with Crippen molar-refractivity contribution in [2.24, 2.45) is 0 Å². The average molecular weight is 265 g/mol. The molecule has 0 fully saturated rings. The molecule has 0 radical (unpaired) electrons. The highest BCUT2D eigenvalue weighted by molar-refractivity contribution is 5.96. The highest BCUT2D eigenvalue weighted by atomic mass is 16.4. The molecule has 1 aromatic rings. The number of hydrogen-bond acceptors (Lipinski definition) is 4. The minimum Gasteiger partial charge on any atom is -0.480 e. The molecule has 0 aliphatic heterocycles. The zero-order valence-electron chi connectivity index (χ0n) is 11.5. The summed E-state index contributed by atoms with van der Waals surface area (Å²) in [5, 5.41) is 8.89. The molecule has 0 saturated heterocycles. The zero-order chi connectivity index (χ0) is 14.4. The molecule has 0 bridgehead atoms. The second-order valence-electron chi connectivity index (χ2n) is 4.56. The second kappa shape index (κ2) is 6.84. The third kappa shape index (κ3) is 4.67. The van der Waals surface area contributed by atoms with E-state index < -0.39 is 5.97 Å². The number of carbonyl (C=O) groups excluding carboxylic acids is 1. The van der Waals surface area contributed by atoms with Gasteiger partial charge in [-0.05, 0) is 33.2 Å². The molecular formula is C13H19N3O3. The summed E-state index contributed by atoms with van der Waals surface area (Å²) in [5.41, 5.74) is 1.05. The van der Waals surface area contributed by atoms with E-state index in [0.717, 1.165) is 0 Å². The molecule has 1 rings (SSSR count). The summed E-state index contributed by atoms with van der Waals surface area (Å²) >= 11 is 0. The van der Waals surface area contributed by atoms with Gasteiger partial charge in [0.05, 0.1) is 5.56 Å². The van der Waals surface area contributed by atoms with E-state index in [2.05, 4.69) is 4.98 Å². The van der Waals surface area contributed by atoms with Crippen molar-refractivity contribution in [1.29, 1.82) is 0 Å². The van der Waals surface area contributed by atoms with Crippen LogP contribution in [0.2, 0.25) is 0 Å². The molecule has 1 heterocycles. The van der Waals surface area contributed by atoms with Crippen LogP contribution < -0.4 is 0 Å². The van der Waals surface area contributed by atoms with Gasteiger partial charge in [-0.25, -0.2) is 0 Å². The normalized spacial score (nSPS) is 10.5. The highest BCUT2D eigenvalue weighted by Gasteiger charge is 2.20. The summed E-state index contributed by atoms with van der Waals surface area (Å²) in [6.07, 6.45) is 1.60. The minimum atomic E-state index is -1.02. The first-order valence-corrected chi connectivity index (χ1v) is 5.99. The van der Waals surface area contributed by atoms with Crippen molar-refractivity contribution in [1.82, 2.24) is 14.8 Å². The lowest BCUT2D eigenvalue weighted by molar-refractivity contribution is -0.137. The van der Waals surface area contributed by atoms with Gasteiger partial charge in [0.2, 0.25) is 0 Å². The Bertz CT molecular complexity index is 460. The number of aryl methyl sites for hydroxylation is 1. The second-order valence-corrected chi connectivity index (χ2v) is 4.56. The first-order valence-electron chi connectivity index (χ1n) is 5.99. The van der Waals surface area contributed by atoms with Crippen molar-refractivity contribution < 1.29 is 14.7 Å². The number of rotatable bonds is 6. The van der Waals surface area contributed by atoms with E-state index >= 15 is 0 Å². The van der Waals surface area contributed by atoms with E-state index in [0.29, 0.717) is 24.3 Å². The Labute approximate surface area is 112 Å². The van der Waals surface area contributed by atoms with E-state index in [9.17, 15) is 9.59 Å². The Hall–Kier alpha value is -1.95. The van der Waals surface area contributed by atoms with Crippen molar-refractivity contribution in [3.05, 3.63) is 29.6 Å². The fraction of sp³-hybridized carbons (Fsp3) is 0.462. The lowest BCUT2D eigenvalue weighted by atomic mass is 10.2. The fourth-order valence-electron chi connectivity index (χ4n) is 1.62. The first kappa shape index (κ1) is 15.1. The highest BCUT2D eigenvalue weighted by Crippen LogP contribution is 2.08. The van der Waals surface area contributed by atoms with Crippen molar-refractivity contribution >= 4 is 11.9 Å². The number of aliphatic carboxylic acids is 1. The molecule has 6 heteroatoms. The lowest BCUT2D eigenvalue weighted by Gasteiger charge is -2.23. The third-order valence-electron chi connectivity index (χ3n) is 2.67. The average Bonchev–Trinajstić information content (AvgIpc) is 2.33. The SMILES string of the molecule is Cc1ncccc1C(=O)N(CCN(C)C)CC(=O)O. The number of carboxylic acids is 1. The molecule has 0 aliphatic rings. The summed E-state index contributed by atoms with van der Waals surface area (Å²) in [5.74, 6) is -1.32. The molecule has 0 atom stereocenters. The molecule has 6 nitrogen and oxygen atoms in total. The number of nitrogens with zero attached hydrogens (tertiary/aromatic N) is 3. The van der Waals surface area contributed by atoms with E-state index in [1.165, 1.54) is 4.90 Å². The Kier molecular flexibility index (Phi) is 5.44. The van der Waals surface area contributed by atoms with Crippen LogP contribution in [-0.4, -0.2) is 65.5 Å². The van der Waals surface area contributed by atoms with Gasteiger partial charge in [-0.2, -0.15) is 0 Å². The van der Waals surface area contributed by atoms with Crippen molar-refractivity contribution in [3.8, 4) is 0 Å². The van der Waals surface area contributed by atoms with Gasteiger partial charge in [-0.3, -0.25) is 14.6 Å². The Balaban J connectivity index is 2.87. The quantitative estimate of drug-likeness (QED) is 0.809. The molecule has 0 unspecified atom stereocenters. The Morgan fingerprint density at radius 1 is 1.32 bits per heavy atom. The van der Waals surface area contributed by atoms with Gasteiger partial charge in [-0.1, -0.05) is 0 Å². The molecule has 0 saturated carbocycles. The van der Waals surface area contributed by atoms with Gasteiger partial charge in [-0.15, -0.1) is 0 Å². The first-order chi connectivity index (χ1) is 8.91. The molecule has 0 aromatic carbocycles. The van der Waals surface area contributed by atoms with Crippen LogP contribution in [0.1, 0.15) is 16.1 Å². The van der Waals surface area contributed by atoms with Crippen molar-refractivity contribution in [3.63, 3.8) is 0 Å². The van der Waals surface area contributed by atoms with Gasteiger partial charge >= 0.3 is 5.97 Å². The summed E-state index contributed by atoms with van der Waals surface area (Å²) in [6, 6.07) is 3.33. The van der Waals surface area contributed by atoms with E-state index in [1.807, 2.05) is 19.0 Å². The van der Waals surface area contributed by atoms with E-state index in [4.69, 9.17) is 5.11 Å². The maximum absolute atomic E-state index is 12.3. The Morgan fingerprint density at radius 3 is 2.53 bits per heavy atom. The minimum absolute atomic E-state index is 0.296. The monoisotopic (exact) mass is 265 g/mol. The molecular weight excluding hydrogens is 246 g/mol. The summed E-state index contributed by atoms with van der Waals surface area (Å²) in [6.45, 7) is 2.41. The van der Waals surface area contributed by atoms with Crippen LogP contribution in [0.25, 0.3) is 0 Å². The summed E-state index contributed by atoms with van der Waals surface area (Å²) < 4.78 is 0. The maximum Gasteiger partial charge on any atom is 0.323 e. The third-order valence-corrected chi connectivity index (χ3v) is 2.67. The topological polar surface area (TPSA) is 73.7 Å². The predicted molar refractivity (Wildman–Crippen MR) is 71.1 cm³/mol. The fourth-order valence-corrected chi connectivity index (χ4v) is 1.62. The number of aromatic nitrogens is 1. The molecule has 104 valence electrons. The maximum atomic E-state index is 12.3. The zero-order valence-corrected chi connectivity index (χ0v) is 11.5. The van der Waals surface area contributed by atoms with Crippen LogP contribution in [0.3, 0.4) is 0 Å². The summed E-state index contributed by atoms with van der Waals surface area (Å²) in [7, 11) is 3.75. The Morgan fingerprint density at radius 2 is 2.00 bits per heavy atom. The van der Waals surface area contributed by atoms with Crippen LogP contribution in [-0.2, 0) is 4.79 Å². The number of amides is 1. The molecule has 19 heavy (non-hydrogen) atoms. The van der Waals surface area contributed by atoms with Crippen LogP contribution in [0.4, 0.5) is 0 Å². The largest absolute Gasteiger partial charge is 0.480 e. The van der Waals surface area contributed by atoms with Gasteiger partial charge in [0.25, 0.3) is 5.91 Å². The molecule has 1 aromatic heterocycles. The smallest absolute Gasteiger partial charge is 0.323 e. The van der Waals surface area contributed by atoms with Crippen LogP contribution in [0.5, 0.6) is 0 Å². The molecule has 1 amide bonds. The molecule has 1 N–H and O–H groups in total. The van der Waals surface area contributed by atoms with Crippen molar-refractivity contribution in [2.75, 3.05) is 33.7 Å². The van der Waals surface area contributed by atoms with Crippen LogP contribution in [0, 0.1) is 6.92 Å². The van der Waals surface area contributed by atoms with E-state index in [-0.39, 0.29) is 12.5 Å². The number of carboxylic acid groups (broad SMARTS) is 1. The van der Waals surface area contributed by atoms with Crippen LogP contribution in [0.15, 0.2) is 18.3 Å². The van der Waals surface area contributed by atoms with Gasteiger partial charge in [0.15, 0.2) is 0 Å². The summed E-state index contributed by atoms with van der Waals surface area (Å²) in [4.78, 5) is 30.4. The lowest BCUT2D eigenvalue weighted by Crippen LogP contribution is -2.40. The van der Waals surface area contributed by atoms with E-state index in [1.54, 1.807) is 25.3 Å². The predicted octanol–water partition coefficient (Wildman–Crippen LogP) is 0.478. The molecule has 0 spiro atoms. The van der Waals surface area contributed by atoms with Crippen molar-refractivity contribution in [2.45, 2.75) is 6.92 Å². The number of carbonyl (C=O) groups is 2. The number of hydrogen-bond donors (Lipinski definition) is 1. The number of likely N-dealkylation sites (N-methyl/N-ethyl adjacent to an activating group) is 1. The molecule has 0 aliphatic carbocycles. The van der Waals surface area contributed by atoms with Gasteiger partial charge < -0.3 is 14.9 Å².